The van der Waals surface area contributed by atoms with Gasteiger partial charge in [0.05, 0.1) is 18.3 Å². The number of aromatic nitrogens is 1. The first-order chi connectivity index (χ1) is 14.4. The lowest BCUT2D eigenvalue weighted by atomic mass is 10.2. The summed E-state index contributed by atoms with van der Waals surface area (Å²) in [6.07, 6.45) is 1.50. The number of carbonyl (C=O) groups excluding carboxylic acids is 2. The number of amides is 2. The Morgan fingerprint density at radius 3 is 2.47 bits per heavy atom. The molecule has 0 unspecified atom stereocenters. The van der Waals surface area contributed by atoms with Crippen molar-refractivity contribution in [3.05, 3.63) is 76.6 Å². The van der Waals surface area contributed by atoms with Gasteiger partial charge >= 0.3 is 11.8 Å². The summed E-state index contributed by atoms with van der Waals surface area (Å²) in [7, 11) is 1.57. The van der Waals surface area contributed by atoms with E-state index < -0.39 is 11.8 Å². The molecule has 1 aromatic heterocycles. The molecule has 0 fully saturated rings. The minimum Gasteiger partial charge on any atom is -0.495 e. The number of anilines is 1. The number of ether oxygens (including phenoxy) is 1. The molecule has 0 atom stereocenters. The molecule has 2 aromatic carbocycles. The first-order valence-corrected chi connectivity index (χ1v) is 9.50. The van der Waals surface area contributed by atoms with Gasteiger partial charge in [0.15, 0.2) is 0 Å². The van der Waals surface area contributed by atoms with Crippen LogP contribution < -0.4 is 15.5 Å². The Balaban J connectivity index is 1.71. The molecule has 3 rings (SSSR count). The van der Waals surface area contributed by atoms with Crippen LogP contribution in [0.4, 0.5) is 5.69 Å². The molecule has 0 saturated heterocycles. The monoisotopic (exact) mass is 424 g/mol. The van der Waals surface area contributed by atoms with Gasteiger partial charge in [-0.1, -0.05) is 29.8 Å². The number of para-hydroxylation sites is 1. The molecule has 154 valence electrons. The Morgan fingerprint density at radius 1 is 1.07 bits per heavy atom. The lowest BCUT2D eigenvalue weighted by Gasteiger charge is -2.11. The van der Waals surface area contributed by atoms with Crippen molar-refractivity contribution < 1.29 is 14.3 Å². The van der Waals surface area contributed by atoms with Crippen LogP contribution >= 0.6 is 11.6 Å². The fourth-order valence-corrected chi connectivity index (χ4v) is 3.28. The lowest BCUT2D eigenvalue weighted by Crippen LogP contribution is -2.32. The Hall–Kier alpha value is -3.58. The van der Waals surface area contributed by atoms with E-state index in [1.54, 1.807) is 37.4 Å². The van der Waals surface area contributed by atoms with Crippen molar-refractivity contribution in [2.45, 2.75) is 13.8 Å². The second kappa shape index (κ2) is 9.28. The van der Waals surface area contributed by atoms with Gasteiger partial charge in [-0.3, -0.25) is 9.59 Å². The number of hydrazone groups is 1. The SMILES string of the molecule is COc1ccc(-n2c(C)cc(/C=N\NC(=O)C(=O)Nc3ccccc3)c2C)cc1Cl. The van der Waals surface area contributed by atoms with Crippen molar-refractivity contribution >= 4 is 35.3 Å². The zero-order chi connectivity index (χ0) is 21.7. The van der Waals surface area contributed by atoms with E-state index in [0.29, 0.717) is 16.5 Å². The second-order valence-corrected chi connectivity index (χ2v) is 6.91. The van der Waals surface area contributed by atoms with Crippen molar-refractivity contribution in [2.24, 2.45) is 5.10 Å². The highest BCUT2D eigenvalue weighted by Crippen LogP contribution is 2.28. The topological polar surface area (TPSA) is 84.7 Å². The van der Waals surface area contributed by atoms with Crippen molar-refractivity contribution in [3.8, 4) is 11.4 Å². The van der Waals surface area contributed by atoms with Gasteiger partial charge in [-0.15, -0.1) is 0 Å². The average Bonchev–Trinajstić information content (AvgIpc) is 3.01. The number of hydrogen-bond donors (Lipinski definition) is 2. The van der Waals surface area contributed by atoms with E-state index >= 15 is 0 Å². The zero-order valence-corrected chi connectivity index (χ0v) is 17.5. The second-order valence-electron chi connectivity index (χ2n) is 6.50. The van der Waals surface area contributed by atoms with Gasteiger partial charge in [-0.05, 0) is 50.2 Å². The number of hydrogen-bond acceptors (Lipinski definition) is 4. The molecule has 8 heteroatoms. The molecule has 1 heterocycles. The highest BCUT2D eigenvalue weighted by Gasteiger charge is 2.14. The predicted molar refractivity (Wildman–Crippen MR) is 118 cm³/mol. The van der Waals surface area contributed by atoms with Crippen LogP contribution in [0.5, 0.6) is 5.75 Å². The highest BCUT2D eigenvalue weighted by atomic mass is 35.5. The summed E-state index contributed by atoms with van der Waals surface area (Å²) < 4.78 is 7.21. The summed E-state index contributed by atoms with van der Waals surface area (Å²) >= 11 is 6.25. The smallest absolute Gasteiger partial charge is 0.329 e. The third-order valence-electron chi connectivity index (χ3n) is 4.47. The van der Waals surface area contributed by atoms with E-state index in [1.807, 2.05) is 42.7 Å². The summed E-state index contributed by atoms with van der Waals surface area (Å²) in [6, 6.07) is 16.2. The van der Waals surface area contributed by atoms with Crippen molar-refractivity contribution in [1.29, 1.82) is 0 Å². The van der Waals surface area contributed by atoms with Gasteiger partial charge < -0.3 is 14.6 Å². The van der Waals surface area contributed by atoms with Crippen molar-refractivity contribution in [2.75, 3.05) is 12.4 Å². The standard InChI is InChI=1S/C22H21ClN4O3/c1-14-11-16(15(2)27(14)18-9-10-20(30-3)19(23)12-18)13-24-26-22(29)21(28)25-17-7-5-4-6-8-17/h4-13H,1-3H3,(H,25,28)(H,26,29)/b24-13-. The molecule has 0 spiro atoms. The third-order valence-corrected chi connectivity index (χ3v) is 4.77. The summed E-state index contributed by atoms with van der Waals surface area (Å²) in [5.41, 5.74) is 6.31. The maximum absolute atomic E-state index is 11.9. The van der Waals surface area contributed by atoms with E-state index in [4.69, 9.17) is 16.3 Å². The van der Waals surface area contributed by atoms with E-state index in [2.05, 4.69) is 15.8 Å². The lowest BCUT2D eigenvalue weighted by molar-refractivity contribution is -0.136. The minimum atomic E-state index is -0.856. The molecule has 7 nitrogen and oxygen atoms in total. The first-order valence-electron chi connectivity index (χ1n) is 9.13. The Bertz CT molecular complexity index is 1110. The Labute approximate surface area is 179 Å². The summed E-state index contributed by atoms with van der Waals surface area (Å²) in [6.45, 7) is 3.88. The number of nitrogens with one attached hydrogen (secondary N) is 2. The first kappa shape index (κ1) is 21.1. The van der Waals surface area contributed by atoms with Crippen LogP contribution in [-0.4, -0.2) is 29.7 Å². The number of aryl methyl sites for hydroxylation is 1. The van der Waals surface area contributed by atoms with Crippen LogP contribution in [0.3, 0.4) is 0 Å². The van der Waals surface area contributed by atoms with E-state index in [0.717, 1.165) is 22.6 Å². The van der Waals surface area contributed by atoms with E-state index in [-0.39, 0.29) is 0 Å². The van der Waals surface area contributed by atoms with Crippen LogP contribution in [0, 0.1) is 13.8 Å². The fraction of sp³-hybridized carbons (Fsp3) is 0.136. The molecule has 0 bridgehead atoms. The van der Waals surface area contributed by atoms with Crippen LogP contribution in [0.25, 0.3) is 5.69 Å². The van der Waals surface area contributed by atoms with Crippen LogP contribution in [0.2, 0.25) is 5.02 Å². The quantitative estimate of drug-likeness (QED) is 0.370. The molecular formula is C22H21ClN4O3. The maximum Gasteiger partial charge on any atom is 0.329 e. The summed E-state index contributed by atoms with van der Waals surface area (Å²) in [4.78, 5) is 23.9. The fourth-order valence-electron chi connectivity index (χ4n) is 3.03. The maximum atomic E-state index is 11.9. The normalized spacial score (nSPS) is 10.8. The molecule has 0 aliphatic heterocycles. The Morgan fingerprint density at radius 2 is 1.80 bits per heavy atom. The van der Waals surface area contributed by atoms with Crippen molar-refractivity contribution in [3.63, 3.8) is 0 Å². The number of rotatable bonds is 5. The number of benzene rings is 2. The molecule has 0 radical (unpaired) electrons. The zero-order valence-electron chi connectivity index (χ0n) is 16.8. The Kier molecular flexibility index (Phi) is 6.54. The van der Waals surface area contributed by atoms with Crippen LogP contribution in [0.1, 0.15) is 17.0 Å². The molecular weight excluding hydrogens is 404 g/mol. The van der Waals surface area contributed by atoms with Crippen LogP contribution in [-0.2, 0) is 9.59 Å². The van der Waals surface area contributed by atoms with Crippen LogP contribution in [0.15, 0.2) is 59.7 Å². The average molecular weight is 425 g/mol. The summed E-state index contributed by atoms with van der Waals surface area (Å²) in [5, 5.41) is 6.92. The number of nitrogens with zero attached hydrogens (tertiary/aromatic N) is 2. The molecule has 2 amide bonds. The van der Waals surface area contributed by atoms with Gasteiger partial charge in [-0.25, -0.2) is 5.43 Å². The molecule has 0 aliphatic rings. The highest BCUT2D eigenvalue weighted by molar-refractivity contribution is 6.39. The van der Waals surface area contributed by atoms with Gasteiger partial charge in [0, 0.05) is 28.3 Å². The van der Waals surface area contributed by atoms with Gasteiger partial charge in [0.1, 0.15) is 5.75 Å². The largest absolute Gasteiger partial charge is 0.495 e. The number of carbonyl (C=O) groups is 2. The molecule has 3 aromatic rings. The van der Waals surface area contributed by atoms with E-state index in [1.165, 1.54) is 6.21 Å². The van der Waals surface area contributed by atoms with Gasteiger partial charge in [-0.2, -0.15) is 5.10 Å². The van der Waals surface area contributed by atoms with E-state index in [9.17, 15) is 9.59 Å². The van der Waals surface area contributed by atoms with Crippen molar-refractivity contribution in [1.82, 2.24) is 9.99 Å². The number of methoxy groups -OCH3 is 1. The number of halogens is 1. The minimum absolute atomic E-state index is 0.509. The molecule has 30 heavy (non-hydrogen) atoms. The van der Waals surface area contributed by atoms with Gasteiger partial charge in [0.25, 0.3) is 0 Å². The molecule has 2 N–H and O–H groups in total. The third kappa shape index (κ3) is 4.69. The summed E-state index contributed by atoms with van der Waals surface area (Å²) in [5.74, 6) is -1.05. The van der Waals surface area contributed by atoms with Gasteiger partial charge in [0.2, 0.25) is 0 Å². The predicted octanol–water partition coefficient (Wildman–Crippen LogP) is 3.84. The molecule has 0 aliphatic carbocycles. The molecule has 0 saturated carbocycles.